The van der Waals surface area contributed by atoms with Crippen molar-refractivity contribution in [3.8, 4) is 0 Å². The Morgan fingerprint density at radius 3 is 2.38 bits per heavy atom. The van der Waals surface area contributed by atoms with Gasteiger partial charge in [-0.15, -0.1) is 0 Å². The molecular formula is C10H11Cl2N. The summed E-state index contributed by atoms with van der Waals surface area (Å²) < 4.78 is 0. The Balaban J connectivity index is 2.29. The van der Waals surface area contributed by atoms with Crippen LogP contribution in [0, 0.1) is 0 Å². The second-order valence-electron chi connectivity index (χ2n) is 3.29. The molecule has 1 saturated heterocycles. The van der Waals surface area contributed by atoms with Crippen molar-refractivity contribution in [1.29, 1.82) is 0 Å². The number of anilines is 1. The Bertz CT molecular complexity index is 306. The van der Waals surface area contributed by atoms with Gasteiger partial charge in [0.05, 0.1) is 10.7 Å². The number of rotatable bonds is 1. The molecule has 1 fully saturated rings. The smallest absolute Gasteiger partial charge is 0.0654 e. The fourth-order valence-corrected chi connectivity index (χ4v) is 2.22. The van der Waals surface area contributed by atoms with Gasteiger partial charge in [0.25, 0.3) is 0 Å². The average Bonchev–Trinajstić information content (AvgIpc) is 2.56. The Labute approximate surface area is 88.3 Å². The third-order valence-electron chi connectivity index (χ3n) is 2.36. The lowest BCUT2D eigenvalue weighted by molar-refractivity contribution is 0.949. The Morgan fingerprint density at radius 1 is 1.08 bits per heavy atom. The summed E-state index contributed by atoms with van der Waals surface area (Å²) in [5, 5.41) is 1.46. The van der Waals surface area contributed by atoms with Gasteiger partial charge in [-0.05, 0) is 31.0 Å². The molecule has 0 aromatic heterocycles. The highest BCUT2D eigenvalue weighted by Gasteiger charge is 2.14. The average molecular weight is 216 g/mol. The van der Waals surface area contributed by atoms with Gasteiger partial charge in [-0.1, -0.05) is 23.2 Å². The van der Waals surface area contributed by atoms with Gasteiger partial charge in [0, 0.05) is 18.1 Å². The third-order valence-corrected chi connectivity index (χ3v) is 2.89. The van der Waals surface area contributed by atoms with E-state index in [0.29, 0.717) is 5.02 Å². The van der Waals surface area contributed by atoms with Crippen molar-refractivity contribution in [3.63, 3.8) is 0 Å². The molecule has 13 heavy (non-hydrogen) atoms. The Morgan fingerprint density at radius 2 is 1.77 bits per heavy atom. The van der Waals surface area contributed by atoms with Gasteiger partial charge in [-0.2, -0.15) is 0 Å². The maximum Gasteiger partial charge on any atom is 0.0654 e. The van der Waals surface area contributed by atoms with E-state index in [-0.39, 0.29) is 0 Å². The van der Waals surface area contributed by atoms with Gasteiger partial charge in [0.2, 0.25) is 0 Å². The van der Waals surface area contributed by atoms with E-state index in [1.165, 1.54) is 12.8 Å². The first-order valence-electron chi connectivity index (χ1n) is 4.47. The zero-order chi connectivity index (χ0) is 9.26. The molecule has 3 heteroatoms. The highest BCUT2D eigenvalue weighted by Crippen LogP contribution is 2.30. The van der Waals surface area contributed by atoms with Crippen LogP contribution in [0.2, 0.25) is 10.0 Å². The summed E-state index contributed by atoms with van der Waals surface area (Å²) in [6.45, 7) is 2.22. The van der Waals surface area contributed by atoms with Crippen molar-refractivity contribution in [3.05, 3.63) is 28.2 Å². The van der Waals surface area contributed by atoms with E-state index in [0.717, 1.165) is 23.8 Å². The van der Waals surface area contributed by atoms with E-state index in [4.69, 9.17) is 23.2 Å². The second kappa shape index (κ2) is 3.77. The van der Waals surface area contributed by atoms with E-state index in [2.05, 4.69) is 4.90 Å². The number of hydrogen-bond acceptors (Lipinski definition) is 1. The molecule has 1 aromatic carbocycles. The standard InChI is InChI=1S/C10H11Cl2N/c11-8-3-4-10(9(12)7-8)13-5-1-2-6-13/h3-4,7H,1-2,5-6H2. The second-order valence-corrected chi connectivity index (χ2v) is 4.13. The molecule has 0 N–H and O–H groups in total. The first kappa shape index (κ1) is 9.17. The van der Waals surface area contributed by atoms with E-state index in [1.54, 1.807) is 6.07 Å². The van der Waals surface area contributed by atoms with Crippen LogP contribution in [0.1, 0.15) is 12.8 Å². The molecule has 0 spiro atoms. The van der Waals surface area contributed by atoms with Crippen LogP contribution in [0.15, 0.2) is 18.2 Å². The van der Waals surface area contributed by atoms with Gasteiger partial charge in [0.15, 0.2) is 0 Å². The van der Waals surface area contributed by atoms with E-state index in [9.17, 15) is 0 Å². The number of halogens is 2. The van der Waals surface area contributed by atoms with Crippen LogP contribution < -0.4 is 4.90 Å². The third kappa shape index (κ3) is 1.92. The molecule has 2 rings (SSSR count). The SMILES string of the molecule is Clc1ccc(N2CCCC2)c(Cl)c1. The molecular weight excluding hydrogens is 205 g/mol. The molecule has 1 aliphatic heterocycles. The lowest BCUT2D eigenvalue weighted by Gasteiger charge is -2.18. The molecule has 0 unspecified atom stereocenters. The minimum absolute atomic E-state index is 0.702. The predicted molar refractivity (Wildman–Crippen MR) is 57.9 cm³/mol. The minimum atomic E-state index is 0.702. The summed E-state index contributed by atoms with van der Waals surface area (Å²) in [6.07, 6.45) is 2.53. The monoisotopic (exact) mass is 215 g/mol. The van der Waals surface area contributed by atoms with Crippen molar-refractivity contribution in [2.45, 2.75) is 12.8 Å². The molecule has 70 valence electrons. The first-order chi connectivity index (χ1) is 6.27. The summed E-state index contributed by atoms with van der Waals surface area (Å²) in [7, 11) is 0. The van der Waals surface area contributed by atoms with Crippen LogP contribution in [-0.4, -0.2) is 13.1 Å². The molecule has 1 heterocycles. The first-order valence-corrected chi connectivity index (χ1v) is 5.23. The Kier molecular flexibility index (Phi) is 2.66. The Hall–Kier alpha value is -0.400. The number of benzene rings is 1. The predicted octanol–water partition coefficient (Wildman–Crippen LogP) is 3.59. The summed E-state index contributed by atoms with van der Waals surface area (Å²) in [4.78, 5) is 2.30. The lowest BCUT2D eigenvalue weighted by Crippen LogP contribution is -2.17. The van der Waals surface area contributed by atoms with Crippen molar-refractivity contribution >= 4 is 28.9 Å². The molecule has 0 bridgehead atoms. The fraction of sp³-hybridized carbons (Fsp3) is 0.400. The van der Waals surface area contributed by atoms with Crippen molar-refractivity contribution < 1.29 is 0 Å². The lowest BCUT2D eigenvalue weighted by atomic mass is 10.3. The molecule has 1 aliphatic rings. The quantitative estimate of drug-likeness (QED) is 0.693. The fourth-order valence-electron chi connectivity index (χ4n) is 1.70. The maximum absolute atomic E-state index is 6.08. The van der Waals surface area contributed by atoms with Crippen LogP contribution >= 0.6 is 23.2 Å². The van der Waals surface area contributed by atoms with Crippen LogP contribution in [-0.2, 0) is 0 Å². The van der Waals surface area contributed by atoms with Gasteiger partial charge in [-0.25, -0.2) is 0 Å². The highest BCUT2D eigenvalue weighted by atomic mass is 35.5. The van der Waals surface area contributed by atoms with E-state index >= 15 is 0 Å². The molecule has 1 nitrogen and oxygen atoms in total. The van der Waals surface area contributed by atoms with Crippen molar-refractivity contribution in [2.75, 3.05) is 18.0 Å². The van der Waals surface area contributed by atoms with Gasteiger partial charge < -0.3 is 4.90 Å². The van der Waals surface area contributed by atoms with Gasteiger partial charge in [-0.3, -0.25) is 0 Å². The molecule has 1 aromatic rings. The summed E-state index contributed by atoms with van der Waals surface area (Å²) in [5.41, 5.74) is 1.11. The normalized spacial score (nSPS) is 16.6. The van der Waals surface area contributed by atoms with Crippen LogP contribution in [0.4, 0.5) is 5.69 Å². The maximum atomic E-state index is 6.08. The molecule has 0 atom stereocenters. The molecule has 0 aliphatic carbocycles. The summed E-state index contributed by atoms with van der Waals surface area (Å²) in [6, 6.07) is 5.69. The van der Waals surface area contributed by atoms with E-state index in [1.807, 2.05) is 12.1 Å². The van der Waals surface area contributed by atoms with Crippen LogP contribution in [0.5, 0.6) is 0 Å². The zero-order valence-electron chi connectivity index (χ0n) is 7.26. The minimum Gasteiger partial charge on any atom is -0.370 e. The summed E-state index contributed by atoms with van der Waals surface area (Å²) in [5.74, 6) is 0. The number of hydrogen-bond donors (Lipinski definition) is 0. The largest absolute Gasteiger partial charge is 0.370 e. The topological polar surface area (TPSA) is 3.24 Å². The zero-order valence-corrected chi connectivity index (χ0v) is 8.78. The highest BCUT2D eigenvalue weighted by molar-refractivity contribution is 6.36. The summed E-state index contributed by atoms with van der Waals surface area (Å²) >= 11 is 11.9. The molecule has 0 amide bonds. The van der Waals surface area contributed by atoms with Gasteiger partial charge in [0.1, 0.15) is 0 Å². The number of nitrogens with zero attached hydrogens (tertiary/aromatic N) is 1. The molecule has 0 saturated carbocycles. The van der Waals surface area contributed by atoms with E-state index < -0.39 is 0 Å². The van der Waals surface area contributed by atoms with Crippen molar-refractivity contribution in [1.82, 2.24) is 0 Å². The van der Waals surface area contributed by atoms with Crippen LogP contribution in [0.25, 0.3) is 0 Å². The van der Waals surface area contributed by atoms with Crippen LogP contribution in [0.3, 0.4) is 0 Å². The van der Waals surface area contributed by atoms with Crippen molar-refractivity contribution in [2.24, 2.45) is 0 Å². The molecule has 0 radical (unpaired) electrons. The van der Waals surface area contributed by atoms with Gasteiger partial charge >= 0.3 is 0 Å².